The summed E-state index contributed by atoms with van der Waals surface area (Å²) >= 11 is 0. The molecule has 0 unspecified atom stereocenters. The predicted molar refractivity (Wildman–Crippen MR) is 78.5 cm³/mol. The maximum Gasteiger partial charge on any atom is 0.253 e. The Morgan fingerprint density at radius 2 is 2.05 bits per heavy atom. The highest BCUT2D eigenvalue weighted by Crippen LogP contribution is 2.20. The fraction of sp³-hybridized carbons (Fsp3) is 0.533. The summed E-state index contributed by atoms with van der Waals surface area (Å²) in [5.74, 6) is 0.719. The third-order valence-electron chi connectivity index (χ3n) is 3.84. The molecule has 1 aliphatic heterocycles. The molecule has 0 bridgehead atoms. The van der Waals surface area contributed by atoms with Crippen molar-refractivity contribution in [2.24, 2.45) is 11.7 Å². The number of carbonyl (C=O) groups is 1. The van der Waals surface area contributed by atoms with Crippen molar-refractivity contribution in [3.05, 3.63) is 29.8 Å². The van der Waals surface area contributed by atoms with Crippen molar-refractivity contribution in [3.63, 3.8) is 0 Å². The number of piperidine rings is 1. The van der Waals surface area contributed by atoms with Gasteiger partial charge in [-0.1, -0.05) is 6.07 Å². The van der Waals surface area contributed by atoms with Crippen LogP contribution in [0.1, 0.15) is 23.2 Å². The van der Waals surface area contributed by atoms with E-state index in [1.165, 1.54) is 0 Å². The topological polar surface area (TPSA) is 49.6 Å². The molecule has 19 heavy (non-hydrogen) atoms. The minimum atomic E-state index is 0.138. The van der Waals surface area contributed by atoms with Crippen LogP contribution in [0.25, 0.3) is 0 Å². The number of nitrogens with two attached hydrogens (primary N) is 1. The second kappa shape index (κ2) is 6.06. The summed E-state index contributed by atoms with van der Waals surface area (Å²) in [6, 6.07) is 7.80. The molecule has 1 saturated heterocycles. The van der Waals surface area contributed by atoms with Crippen LogP contribution in [0.3, 0.4) is 0 Å². The highest BCUT2D eigenvalue weighted by atomic mass is 16.2. The Morgan fingerprint density at radius 1 is 1.37 bits per heavy atom. The maximum atomic E-state index is 12.4. The normalized spacial score (nSPS) is 16.5. The van der Waals surface area contributed by atoms with Crippen LogP contribution in [0, 0.1) is 5.92 Å². The van der Waals surface area contributed by atoms with Gasteiger partial charge in [0, 0.05) is 38.4 Å². The van der Waals surface area contributed by atoms with Crippen LogP contribution in [0.15, 0.2) is 24.3 Å². The fourth-order valence-corrected chi connectivity index (χ4v) is 2.47. The van der Waals surface area contributed by atoms with E-state index < -0.39 is 0 Å². The van der Waals surface area contributed by atoms with Crippen molar-refractivity contribution in [1.29, 1.82) is 0 Å². The molecule has 0 saturated carbocycles. The molecule has 1 aromatic carbocycles. The third-order valence-corrected chi connectivity index (χ3v) is 3.84. The highest BCUT2D eigenvalue weighted by molar-refractivity contribution is 5.95. The average molecular weight is 261 g/mol. The minimum absolute atomic E-state index is 0.138. The zero-order chi connectivity index (χ0) is 13.8. The molecular weight excluding hydrogens is 238 g/mol. The van der Waals surface area contributed by atoms with E-state index in [4.69, 9.17) is 5.73 Å². The van der Waals surface area contributed by atoms with E-state index in [1.54, 1.807) is 0 Å². The van der Waals surface area contributed by atoms with Crippen LogP contribution in [0.2, 0.25) is 0 Å². The van der Waals surface area contributed by atoms with Crippen LogP contribution in [-0.2, 0) is 0 Å². The molecule has 2 N–H and O–H groups in total. The van der Waals surface area contributed by atoms with E-state index in [0.29, 0.717) is 5.92 Å². The molecule has 1 heterocycles. The van der Waals surface area contributed by atoms with Crippen LogP contribution in [-0.4, -0.2) is 44.5 Å². The molecule has 104 valence electrons. The lowest BCUT2D eigenvalue weighted by molar-refractivity contribution is 0.0693. The molecule has 4 nitrogen and oxygen atoms in total. The van der Waals surface area contributed by atoms with E-state index in [9.17, 15) is 4.79 Å². The number of hydrogen-bond acceptors (Lipinski definition) is 3. The van der Waals surface area contributed by atoms with Crippen molar-refractivity contribution in [2.45, 2.75) is 12.8 Å². The van der Waals surface area contributed by atoms with Crippen molar-refractivity contribution < 1.29 is 4.79 Å². The fourth-order valence-electron chi connectivity index (χ4n) is 2.47. The largest absolute Gasteiger partial charge is 0.378 e. The van der Waals surface area contributed by atoms with Gasteiger partial charge in [0.15, 0.2) is 0 Å². The van der Waals surface area contributed by atoms with Crippen molar-refractivity contribution in [1.82, 2.24) is 4.90 Å². The zero-order valence-corrected chi connectivity index (χ0v) is 11.8. The first-order chi connectivity index (χ1) is 9.11. The van der Waals surface area contributed by atoms with Crippen LogP contribution < -0.4 is 10.6 Å². The Kier molecular flexibility index (Phi) is 4.43. The Balaban J connectivity index is 2.06. The molecule has 4 heteroatoms. The lowest BCUT2D eigenvalue weighted by Gasteiger charge is -2.31. The van der Waals surface area contributed by atoms with E-state index in [2.05, 4.69) is 0 Å². The monoisotopic (exact) mass is 261 g/mol. The van der Waals surface area contributed by atoms with Gasteiger partial charge < -0.3 is 15.5 Å². The van der Waals surface area contributed by atoms with Gasteiger partial charge in [0.1, 0.15) is 0 Å². The molecule has 0 spiro atoms. The van der Waals surface area contributed by atoms with Crippen LogP contribution >= 0.6 is 0 Å². The highest BCUT2D eigenvalue weighted by Gasteiger charge is 2.22. The lowest BCUT2D eigenvalue weighted by Crippen LogP contribution is -2.40. The van der Waals surface area contributed by atoms with Gasteiger partial charge in [0.25, 0.3) is 5.91 Å². The second-order valence-corrected chi connectivity index (χ2v) is 5.42. The Bertz CT molecular complexity index is 437. The number of anilines is 1. The lowest BCUT2D eigenvalue weighted by atomic mass is 9.96. The Labute approximate surface area is 115 Å². The molecule has 1 aromatic rings. The quantitative estimate of drug-likeness (QED) is 0.898. The third kappa shape index (κ3) is 3.26. The molecule has 0 aromatic heterocycles. The Hall–Kier alpha value is -1.55. The summed E-state index contributed by atoms with van der Waals surface area (Å²) in [5, 5.41) is 0. The van der Waals surface area contributed by atoms with Crippen molar-refractivity contribution >= 4 is 11.6 Å². The van der Waals surface area contributed by atoms with E-state index >= 15 is 0 Å². The van der Waals surface area contributed by atoms with E-state index in [-0.39, 0.29) is 5.91 Å². The first kappa shape index (κ1) is 13.9. The SMILES string of the molecule is CN(C)c1cccc(C(=O)N2CCC(CN)CC2)c1. The number of amides is 1. The second-order valence-electron chi connectivity index (χ2n) is 5.42. The standard InChI is InChI=1S/C15H23N3O/c1-17(2)14-5-3-4-13(10-14)15(19)18-8-6-12(11-16)7-9-18/h3-5,10,12H,6-9,11,16H2,1-2H3. The predicted octanol–water partition coefficient (Wildman–Crippen LogP) is 1.56. The Morgan fingerprint density at radius 3 is 2.63 bits per heavy atom. The van der Waals surface area contributed by atoms with Gasteiger partial charge in [0.05, 0.1) is 0 Å². The van der Waals surface area contributed by atoms with E-state index in [1.807, 2.05) is 48.2 Å². The average Bonchev–Trinajstić information content (AvgIpc) is 2.46. The molecule has 0 atom stereocenters. The molecule has 0 aliphatic carbocycles. The van der Waals surface area contributed by atoms with Crippen molar-refractivity contribution in [2.75, 3.05) is 38.6 Å². The number of hydrogen-bond donors (Lipinski definition) is 1. The summed E-state index contributed by atoms with van der Waals surface area (Å²) in [6.07, 6.45) is 2.05. The number of carbonyl (C=O) groups excluding carboxylic acids is 1. The maximum absolute atomic E-state index is 12.4. The summed E-state index contributed by atoms with van der Waals surface area (Å²) in [5.41, 5.74) is 7.51. The van der Waals surface area contributed by atoms with Gasteiger partial charge in [-0.2, -0.15) is 0 Å². The number of nitrogens with zero attached hydrogens (tertiary/aromatic N) is 2. The molecule has 1 amide bonds. The van der Waals surface area contributed by atoms with E-state index in [0.717, 1.165) is 43.7 Å². The van der Waals surface area contributed by atoms with Crippen LogP contribution in [0.4, 0.5) is 5.69 Å². The van der Waals surface area contributed by atoms with Gasteiger partial charge in [-0.05, 0) is 43.5 Å². The number of benzene rings is 1. The summed E-state index contributed by atoms with van der Waals surface area (Å²) in [6.45, 7) is 2.39. The van der Waals surface area contributed by atoms with Gasteiger partial charge in [-0.15, -0.1) is 0 Å². The molecule has 1 fully saturated rings. The minimum Gasteiger partial charge on any atom is -0.378 e. The molecular formula is C15H23N3O. The smallest absolute Gasteiger partial charge is 0.253 e. The van der Waals surface area contributed by atoms with Crippen LogP contribution in [0.5, 0.6) is 0 Å². The molecule has 1 aliphatic rings. The van der Waals surface area contributed by atoms with Gasteiger partial charge in [0.2, 0.25) is 0 Å². The van der Waals surface area contributed by atoms with Gasteiger partial charge in [-0.3, -0.25) is 4.79 Å². The zero-order valence-electron chi connectivity index (χ0n) is 11.8. The first-order valence-electron chi connectivity index (χ1n) is 6.88. The number of rotatable bonds is 3. The van der Waals surface area contributed by atoms with Gasteiger partial charge in [-0.25, -0.2) is 0 Å². The van der Waals surface area contributed by atoms with Crippen molar-refractivity contribution in [3.8, 4) is 0 Å². The first-order valence-corrected chi connectivity index (χ1v) is 6.88. The number of likely N-dealkylation sites (tertiary alicyclic amines) is 1. The summed E-state index contributed by atoms with van der Waals surface area (Å²) in [7, 11) is 3.96. The van der Waals surface area contributed by atoms with Gasteiger partial charge >= 0.3 is 0 Å². The molecule has 2 rings (SSSR count). The summed E-state index contributed by atoms with van der Waals surface area (Å²) in [4.78, 5) is 16.4. The summed E-state index contributed by atoms with van der Waals surface area (Å²) < 4.78 is 0. The molecule has 0 radical (unpaired) electrons.